The Bertz CT molecular complexity index is 1090. The Labute approximate surface area is 227 Å². The van der Waals surface area contributed by atoms with E-state index in [2.05, 4.69) is 35.6 Å². The molecule has 1 fully saturated rings. The molecule has 7 heteroatoms. The van der Waals surface area contributed by atoms with Crippen molar-refractivity contribution < 1.29 is 19.1 Å². The SMILES string of the molecule is CC.COC(=O)CC(c1ccc2c(c1)OCC2)C1CCN(C(=O)CCCc2ccc3c(n2)NCCC3)CC1. The molecule has 3 aliphatic heterocycles. The fraction of sp³-hybridized carbons (Fsp3) is 0.581. The zero-order valence-corrected chi connectivity index (χ0v) is 23.3. The highest BCUT2D eigenvalue weighted by Gasteiger charge is 2.32. The highest BCUT2D eigenvalue weighted by Crippen LogP contribution is 2.38. The van der Waals surface area contributed by atoms with Crippen molar-refractivity contribution in [2.75, 3.05) is 38.7 Å². The van der Waals surface area contributed by atoms with Gasteiger partial charge in [-0.05, 0) is 79.2 Å². The molecule has 0 radical (unpaired) electrons. The first-order valence-corrected chi connectivity index (χ1v) is 14.4. The van der Waals surface area contributed by atoms with Crippen LogP contribution in [0.5, 0.6) is 5.75 Å². The molecule has 206 valence electrons. The topological polar surface area (TPSA) is 80.8 Å². The second-order valence-electron chi connectivity index (χ2n) is 10.3. The summed E-state index contributed by atoms with van der Waals surface area (Å²) in [5, 5.41) is 3.38. The minimum absolute atomic E-state index is 0.0768. The second-order valence-corrected chi connectivity index (χ2v) is 10.3. The van der Waals surface area contributed by atoms with Crippen molar-refractivity contribution >= 4 is 17.7 Å². The molecular weight excluding hydrogens is 478 g/mol. The molecule has 2 aromatic rings. The number of methoxy groups -OCH3 is 1. The first-order chi connectivity index (χ1) is 18.6. The van der Waals surface area contributed by atoms with Gasteiger partial charge in [0.2, 0.25) is 5.91 Å². The number of hydrogen-bond acceptors (Lipinski definition) is 6. The van der Waals surface area contributed by atoms with E-state index >= 15 is 0 Å². The van der Waals surface area contributed by atoms with Crippen molar-refractivity contribution in [3.8, 4) is 5.75 Å². The first-order valence-electron chi connectivity index (χ1n) is 14.4. The van der Waals surface area contributed by atoms with Gasteiger partial charge in [0.25, 0.3) is 0 Å². The molecule has 1 N–H and O–H groups in total. The molecule has 1 atom stereocenters. The quantitative estimate of drug-likeness (QED) is 0.474. The monoisotopic (exact) mass is 521 g/mol. The van der Waals surface area contributed by atoms with E-state index in [0.717, 1.165) is 94.0 Å². The molecule has 4 heterocycles. The third-order valence-electron chi connectivity index (χ3n) is 8.00. The third kappa shape index (κ3) is 6.86. The van der Waals surface area contributed by atoms with Crippen molar-refractivity contribution in [3.63, 3.8) is 0 Å². The van der Waals surface area contributed by atoms with Gasteiger partial charge in [-0.3, -0.25) is 9.59 Å². The Balaban J connectivity index is 0.00000164. The van der Waals surface area contributed by atoms with Crippen LogP contribution in [0.1, 0.15) is 80.7 Å². The van der Waals surface area contributed by atoms with E-state index in [9.17, 15) is 9.59 Å². The molecule has 7 nitrogen and oxygen atoms in total. The maximum Gasteiger partial charge on any atom is 0.306 e. The van der Waals surface area contributed by atoms with E-state index in [4.69, 9.17) is 14.5 Å². The average molecular weight is 522 g/mol. The maximum atomic E-state index is 12.9. The number of nitrogens with zero attached hydrogens (tertiary/aromatic N) is 2. The molecule has 0 bridgehead atoms. The van der Waals surface area contributed by atoms with Crippen molar-refractivity contribution in [1.82, 2.24) is 9.88 Å². The number of fused-ring (bicyclic) bond motifs is 2. The number of nitrogens with one attached hydrogen (secondary N) is 1. The number of amides is 1. The highest BCUT2D eigenvalue weighted by molar-refractivity contribution is 5.76. The number of benzene rings is 1. The summed E-state index contributed by atoms with van der Waals surface area (Å²) in [4.78, 5) is 31.9. The summed E-state index contributed by atoms with van der Waals surface area (Å²) >= 11 is 0. The lowest BCUT2D eigenvalue weighted by Gasteiger charge is -2.36. The maximum absolute atomic E-state index is 12.9. The number of piperidine rings is 1. The van der Waals surface area contributed by atoms with Gasteiger partial charge >= 0.3 is 5.97 Å². The first kappa shape index (κ1) is 27.9. The van der Waals surface area contributed by atoms with Gasteiger partial charge < -0.3 is 19.7 Å². The fourth-order valence-corrected chi connectivity index (χ4v) is 5.87. The molecule has 5 rings (SSSR count). The lowest BCUT2D eigenvalue weighted by atomic mass is 9.78. The Hall–Kier alpha value is -3.09. The molecule has 1 aromatic heterocycles. The molecule has 1 aromatic carbocycles. The van der Waals surface area contributed by atoms with Gasteiger partial charge in [0.15, 0.2) is 0 Å². The summed E-state index contributed by atoms with van der Waals surface area (Å²) in [7, 11) is 1.45. The standard InChI is InChI=1S/C29H37N3O4.C2H6/c1-35-28(34)19-25(23-8-7-21-13-17-36-26(21)18-23)20-11-15-32(16-12-20)27(33)6-2-5-24-10-9-22-4-3-14-30-29(22)31-24;1-2/h7-10,18,20,25H,2-6,11-17,19H2,1H3,(H,30,31);1-2H3. The Morgan fingerprint density at radius 3 is 2.71 bits per heavy atom. The van der Waals surface area contributed by atoms with Crippen molar-refractivity contribution in [2.24, 2.45) is 5.92 Å². The number of carbonyl (C=O) groups is 2. The molecule has 0 spiro atoms. The van der Waals surface area contributed by atoms with Crippen LogP contribution in [0.3, 0.4) is 0 Å². The number of aromatic nitrogens is 1. The van der Waals surface area contributed by atoms with Crippen LogP contribution in [0.25, 0.3) is 0 Å². The van der Waals surface area contributed by atoms with E-state index in [-0.39, 0.29) is 17.8 Å². The zero-order chi connectivity index (χ0) is 26.9. The number of hydrogen-bond donors (Lipinski definition) is 1. The summed E-state index contributed by atoms with van der Waals surface area (Å²) in [5.41, 5.74) is 4.72. The lowest BCUT2D eigenvalue weighted by molar-refractivity contribution is -0.142. The van der Waals surface area contributed by atoms with Crippen LogP contribution in [0, 0.1) is 5.92 Å². The van der Waals surface area contributed by atoms with Crippen LogP contribution in [0.15, 0.2) is 30.3 Å². The molecule has 1 amide bonds. The van der Waals surface area contributed by atoms with E-state index in [1.54, 1.807) is 0 Å². The highest BCUT2D eigenvalue weighted by atomic mass is 16.5. The van der Waals surface area contributed by atoms with Gasteiger partial charge in [-0.25, -0.2) is 4.98 Å². The Kier molecular flexibility index (Phi) is 10.0. The van der Waals surface area contributed by atoms with Crippen molar-refractivity contribution in [3.05, 3.63) is 52.7 Å². The zero-order valence-electron chi connectivity index (χ0n) is 23.3. The summed E-state index contributed by atoms with van der Waals surface area (Å²) < 4.78 is 10.8. The molecule has 1 unspecified atom stereocenters. The molecule has 0 aliphatic carbocycles. The van der Waals surface area contributed by atoms with Gasteiger partial charge in [0.1, 0.15) is 11.6 Å². The van der Waals surface area contributed by atoms with Crippen LogP contribution in [-0.2, 0) is 33.6 Å². The van der Waals surface area contributed by atoms with Crippen LogP contribution in [0.4, 0.5) is 5.82 Å². The number of rotatable bonds is 8. The molecule has 38 heavy (non-hydrogen) atoms. The summed E-state index contributed by atoms with van der Waals surface area (Å²) in [6, 6.07) is 10.7. The normalized spacial score (nSPS) is 17.2. The predicted octanol–water partition coefficient (Wildman–Crippen LogP) is 5.31. The van der Waals surface area contributed by atoms with Crippen LogP contribution in [0.2, 0.25) is 0 Å². The number of anilines is 1. The molecule has 1 saturated heterocycles. The Morgan fingerprint density at radius 1 is 1.13 bits per heavy atom. The van der Waals surface area contributed by atoms with Gasteiger partial charge in [-0.15, -0.1) is 0 Å². The minimum atomic E-state index is -0.189. The van der Waals surface area contributed by atoms with E-state index in [1.165, 1.54) is 18.2 Å². The van der Waals surface area contributed by atoms with Crippen LogP contribution >= 0.6 is 0 Å². The average Bonchev–Trinajstić information content (AvgIpc) is 3.45. The number of pyridine rings is 1. The minimum Gasteiger partial charge on any atom is -0.493 e. The van der Waals surface area contributed by atoms with E-state index in [1.807, 2.05) is 18.7 Å². The van der Waals surface area contributed by atoms with E-state index in [0.29, 0.717) is 18.8 Å². The third-order valence-corrected chi connectivity index (χ3v) is 8.00. The van der Waals surface area contributed by atoms with Crippen molar-refractivity contribution in [2.45, 2.75) is 77.6 Å². The summed E-state index contributed by atoms with van der Waals surface area (Å²) in [6.07, 6.45) is 7.50. The van der Waals surface area contributed by atoms with Crippen molar-refractivity contribution in [1.29, 1.82) is 0 Å². The Morgan fingerprint density at radius 2 is 1.92 bits per heavy atom. The number of esters is 1. The number of aryl methyl sites for hydroxylation is 2. The number of likely N-dealkylation sites (tertiary alicyclic amines) is 1. The van der Waals surface area contributed by atoms with Crippen LogP contribution in [-0.4, -0.2) is 55.1 Å². The van der Waals surface area contributed by atoms with Gasteiger partial charge in [-0.2, -0.15) is 0 Å². The van der Waals surface area contributed by atoms with Crippen LogP contribution < -0.4 is 10.1 Å². The van der Waals surface area contributed by atoms with Gasteiger partial charge in [0, 0.05) is 38.2 Å². The summed E-state index contributed by atoms with van der Waals surface area (Å²) in [5.74, 6) is 2.40. The predicted molar refractivity (Wildman–Crippen MR) is 150 cm³/mol. The van der Waals surface area contributed by atoms with E-state index < -0.39 is 0 Å². The summed E-state index contributed by atoms with van der Waals surface area (Å²) in [6.45, 7) is 7.19. The number of carbonyl (C=O) groups excluding carboxylic acids is 2. The molecular formula is C31H43N3O4. The second kappa shape index (κ2) is 13.6. The van der Waals surface area contributed by atoms with Gasteiger partial charge in [-0.1, -0.05) is 32.0 Å². The molecule has 3 aliphatic rings. The van der Waals surface area contributed by atoms with Gasteiger partial charge in [0.05, 0.1) is 20.1 Å². The molecule has 0 saturated carbocycles. The fourth-order valence-electron chi connectivity index (χ4n) is 5.87. The lowest BCUT2D eigenvalue weighted by Crippen LogP contribution is -2.40. The smallest absolute Gasteiger partial charge is 0.306 e. The number of ether oxygens (including phenoxy) is 2. The largest absolute Gasteiger partial charge is 0.493 e.